The van der Waals surface area contributed by atoms with Crippen molar-refractivity contribution in [1.29, 1.82) is 0 Å². The Morgan fingerprint density at radius 3 is 3.11 bits per heavy atom. The number of aliphatic hydroxyl groups is 1. The van der Waals surface area contributed by atoms with Crippen LogP contribution in [0.5, 0.6) is 0 Å². The molecule has 2 aromatic heterocycles. The van der Waals surface area contributed by atoms with Crippen LogP contribution < -0.4 is 5.32 Å². The average Bonchev–Trinajstić information content (AvgIpc) is 2.95. The summed E-state index contributed by atoms with van der Waals surface area (Å²) < 4.78 is 1.73. The minimum Gasteiger partial charge on any atom is -0.393 e. The van der Waals surface area contributed by atoms with Crippen molar-refractivity contribution < 1.29 is 5.11 Å². The topological polar surface area (TPSA) is 75.9 Å². The molecule has 0 bridgehead atoms. The van der Waals surface area contributed by atoms with Crippen molar-refractivity contribution in [3.63, 3.8) is 0 Å². The van der Waals surface area contributed by atoms with Gasteiger partial charge in [0.15, 0.2) is 5.65 Å². The molecule has 0 radical (unpaired) electrons. The molecule has 6 heteroatoms. The predicted molar refractivity (Wildman–Crippen MR) is 68.1 cm³/mol. The van der Waals surface area contributed by atoms with Gasteiger partial charge in [0.2, 0.25) is 0 Å². The van der Waals surface area contributed by atoms with Gasteiger partial charge in [0.1, 0.15) is 12.1 Å². The summed E-state index contributed by atoms with van der Waals surface area (Å²) in [6.07, 6.45) is 6.23. The van der Waals surface area contributed by atoms with E-state index in [9.17, 15) is 5.11 Å². The van der Waals surface area contributed by atoms with Gasteiger partial charge in [-0.2, -0.15) is 5.10 Å². The first-order chi connectivity index (χ1) is 8.75. The van der Waals surface area contributed by atoms with E-state index < -0.39 is 0 Å². The third-order valence-electron chi connectivity index (χ3n) is 3.68. The number of nitrogens with zero attached hydrogens (tertiary/aromatic N) is 4. The van der Waals surface area contributed by atoms with Crippen LogP contribution in [-0.2, 0) is 7.05 Å². The van der Waals surface area contributed by atoms with Crippen molar-refractivity contribution in [3.8, 4) is 0 Å². The molecule has 0 spiro atoms. The van der Waals surface area contributed by atoms with Crippen LogP contribution in [0.4, 0.5) is 5.82 Å². The van der Waals surface area contributed by atoms with Gasteiger partial charge in [-0.05, 0) is 12.8 Å². The Balaban J connectivity index is 1.78. The predicted octanol–water partition coefficient (Wildman–Crippen LogP) is 0.936. The van der Waals surface area contributed by atoms with Gasteiger partial charge in [-0.1, -0.05) is 6.42 Å². The second-order valence-corrected chi connectivity index (χ2v) is 4.87. The summed E-state index contributed by atoms with van der Waals surface area (Å²) in [6, 6.07) is 0. The van der Waals surface area contributed by atoms with Crippen LogP contribution in [-0.4, -0.2) is 37.5 Å². The third kappa shape index (κ3) is 1.92. The second-order valence-electron chi connectivity index (χ2n) is 4.87. The number of hydrogen-bond donors (Lipinski definition) is 2. The highest BCUT2D eigenvalue weighted by Crippen LogP contribution is 2.26. The second kappa shape index (κ2) is 4.53. The Morgan fingerprint density at radius 2 is 2.33 bits per heavy atom. The first-order valence-electron chi connectivity index (χ1n) is 6.30. The Bertz CT molecular complexity index is 552. The molecule has 2 unspecified atom stereocenters. The van der Waals surface area contributed by atoms with E-state index in [1.54, 1.807) is 10.9 Å². The van der Waals surface area contributed by atoms with E-state index in [1.807, 2.05) is 7.05 Å². The molecule has 0 aromatic carbocycles. The number of aryl methyl sites for hydroxylation is 1. The van der Waals surface area contributed by atoms with Gasteiger partial charge in [-0.25, -0.2) is 9.97 Å². The molecule has 6 nitrogen and oxygen atoms in total. The monoisotopic (exact) mass is 247 g/mol. The molecule has 0 amide bonds. The van der Waals surface area contributed by atoms with E-state index in [0.717, 1.165) is 42.7 Å². The van der Waals surface area contributed by atoms with Crippen molar-refractivity contribution in [1.82, 2.24) is 19.7 Å². The summed E-state index contributed by atoms with van der Waals surface area (Å²) >= 11 is 0. The Hall–Kier alpha value is -1.69. The van der Waals surface area contributed by atoms with Gasteiger partial charge in [0.25, 0.3) is 0 Å². The standard InChI is InChI=1S/C12H17N5O/c1-17-12-9(6-16-17)11(14-7-15-12)13-5-8-3-2-4-10(8)18/h6-8,10,18H,2-5H2,1H3,(H,13,14,15). The summed E-state index contributed by atoms with van der Waals surface area (Å²) in [7, 11) is 1.86. The van der Waals surface area contributed by atoms with Gasteiger partial charge >= 0.3 is 0 Å². The van der Waals surface area contributed by atoms with Gasteiger partial charge in [-0.15, -0.1) is 0 Å². The van der Waals surface area contributed by atoms with Crippen LogP contribution in [0.3, 0.4) is 0 Å². The normalized spacial score (nSPS) is 23.7. The minimum atomic E-state index is -0.177. The summed E-state index contributed by atoms with van der Waals surface area (Å²) in [5, 5.41) is 18.2. The zero-order chi connectivity index (χ0) is 12.5. The maximum absolute atomic E-state index is 9.80. The lowest BCUT2D eigenvalue weighted by Gasteiger charge is -2.15. The van der Waals surface area contributed by atoms with E-state index in [-0.39, 0.29) is 6.10 Å². The number of anilines is 1. The molecular formula is C12H17N5O. The number of hydrogen-bond acceptors (Lipinski definition) is 5. The molecule has 1 aliphatic rings. The van der Waals surface area contributed by atoms with E-state index in [2.05, 4.69) is 20.4 Å². The molecule has 96 valence electrons. The smallest absolute Gasteiger partial charge is 0.163 e. The summed E-state index contributed by atoms with van der Waals surface area (Å²) in [6.45, 7) is 0.752. The highest BCUT2D eigenvalue weighted by Gasteiger charge is 2.25. The molecular weight excluding hydrogens is 230 g/mol. The lowest BCUT2D eigenvalue weighted by molar-refractivity contribution is 0.138. The van der Waals surface area contributed by atoms with Gasteiger partial charge in [0, 0.05) is 19.5 Å². The van der Waals surface area contributed by atoms with Gasteiger partial charge < -0.3 is 10.4 Å². The fourth-order valence-corrected chi connectivity index (χ4v) is 2.59. The first kappa shape index (κ1) is 11.4. The highest BCUT2D eigenvalue weighted by molar-refractivity contribution is 5.85. The molecule has 18 heavy (non-hydrogen) atoms. The van der Waals surface area contributed by atoms with E-state index >= 15 is 0 Å². The number of rotatable bonds is 3. The summed E-state index contributed by atoms with van der Waals surface area (Å²) in [5.41, 5.74) is 0.819. The van der Waals surface area contributed by atoms with Crippen molar-refractivity contribution in [2.45, 2.75) is 25.4 Å². The van der Waals surface area contributed by atoms with Crippen LogP contribution in [0.15, 0.2) is 12.5 Å². The average molecular weight is 247 g/mol. The molecule has 3 rings (SSSR count). The first-order valence-corrected chi connectivity index (χ1v) is 6.30. The van der Waals surface area contributed by atoms with Crippen LogP contribution in [0, 0.1) is 5.92 Å². The zero-order valence-electron chi connectivity index (χ0n) is 10.4. The number of aromatic nitrogens is 4. The van der Waals surface area contributed by atoms with Crippen molar-refractivity contribution in [3.05, 3.63) is 12.5 Å². The largest absolute Gasteiger partial charge is 0.393 e. The molecule has 2 atom stereocenters. The minimum absolute atomic E-state index is 0.177. The Labute approximate surface area is 105 Å². The van der Waals surface area contributed by atoms with Gasteiger partial charge in [-0.3, -0.25) is 4.68 Å². The maximum atomic E-state index is 9.80. The lowest BCUT2D eigenvalue weighted by Crippen LogP contribution is -2.22. The van der Waals surface area contributed by atoms with E-state index in [0.29, 0.717) is 5.92 Å². The summed E-state index contributed by atoms with van der Waals surface area (Å²) in [4.78, 5) is 8.45. The third-order valence-corrected chi connectivity index (χ3v) is 3.68. The molecule has 2 aromatic rings. The molecule has 2 heterocycles. The van der Waals surface area contributed by atoms with Crippen LogP contribution in [0.2, 0.25) is 0 Å². The summed E-state index contributed by atoms with van der Waals surface area (Å²) in [5.74, 6) is 1.12. The van der Waals surface area contributed by atoms with E-state index in [4.69, 9.17) is 0 Å². The van der Waals surface area contributed by atoms with Crippen LogP contribution in [0.1, 0.15) is 19.3 Å². The molecule has 1 saturated carbocycles. The van der Waals surface area contributed by atoms with Crippen LogP contribution in [0.25, 0.3) is 11.0 Å². The van der Waals surface area contributed by atoms with Crippen molar-refractivity contribution in [2.75, 3.05) is 11.9 Å². The molecule has 0 aliphatic heterocycles. The quantitative estimate of drug-likeness (QED) is 0.844. The highest BCUT2D eigenvalue weighted by atomic mass is 16.3. The SMILES string of the molecule is Cn1ncc2c(NCC3CCCC3O)ncnc21. The number of nitrogens with one attached hydrogen (secondary N) is 1. The van der Waals surface area contributed by atoms with Crippen molar-refractivity contribution in [2.24, 2.45) is 13.0 Å². The molecule has 0 saturated heterocycles. The molecule has 1 aliphatic carbocycles. The maximum Gasteiger partial charge on any atom is 0.163 e. The molecule has 1 fully saturated rings. The molecule has 2 N–H and O–H groups in total. The lowest BCUT2D eigenvalue weighted by atomic mass is 10.1. The Kier molecular flexibility index (Phi) is 2.87. The zero-order valence-corrected chi connectivity index (χ0v) is 10.4. The van der Waals surface area contributed by atoms with Crippen LogP contribution >= 0.6 is 0 Å². The fraction of sp³-hybridized carbons (Fsp3) is 0.583. The van der Waals surface area contributed by atoms with Gasteiger partial charge in [0.05, 0.1) is 17.7 Å². The fourth-order valence-electron chi connectivity index (χ4n) is 2.59. The number of fused-ring (bicyclic) bond motifs is 1. The Morgan fingerprint density at radius 1 is 1.44 bits per heavy atom. The number of aliphatic hydroxyl groups excluding tert-OH is 1. The van der Waals surface area contributed by atoms with Crippen molar-refractivity contribution >= 4 is 16.9 Å². The van der Waals surface area contributed by atoms with E-state index in [1.165, 1.54) is 6.33 Å².